The Morgan fingerprint density at radius 2 is 1.75 bits per heavy atom. The molecule has 8 nitrogen and oxygen atoms in total. The van der Waals surface area contributed by atoms with E-state index in [2.05, 4.69) is 20.8 Å². The molecule has 1 N–H and O–H groups in total. The van der Waals surface area contributed by atoms with Crippen molar-refractivity contribution in [2.75, 3.05) is 12.4 Å². The number of tetrazole rings is 1. The molecule has 0 aliphatic rings. The van der Waals surface area contributed by atoms with Gasteiger partial charge in [0.05, 0.1) is 29.6 Å². The average molecular weight is 422 g/mol. The first-order chi connectivity index (χ1) is 15.7. The highest BCUT2D eigenvalue weighted by atomic mass is 16.5. The number of nitrogens with one attached hydrogen (secondary N) is 1. The molecular weight excluding hydrogens is 404 g/mol. The topological polar surface area (TPSA) is 94.8 Å². The molecule has 3 aromatic carbocycles. The van der Waals surface area contributed by atoms with Gasteiger partial charge < -0.3 is 10.1 Å². The monoisotopic (exact) mass is 422 g/mol. The largest absolute Gasteiger partial charge is 0.497 e. The molecule has 0 unspecified atom stereocenters. The van der Waals surface area contributed by atoms with E-state index in [1.165, 1.54) is 6.33 Å². The molecule has 0 atom stereocenters. The van der Waals surface area contributed by atoms with Gasteiger partial charge in [0.15, 0.2) is 0 Å². The second kappa shape index (κ2) is 8.27. The molecule has 0 spiro atoms. The first kappa shape index (κ1) is 19.4. The Hall–Kier alpha value is -4.59. The van der Waals surface area contributed by atoms with E-state index in [-0.39, 0.29) is 5.91 Å². The van der Waals surface area contributed by atoms with Gasteiger partial charge in [0.25, 0.3) is 5.91 Å². The summed E-state index contributed by atoms with van der Waals surface area (Å²) in [6.07, 6.45) is 1.51. The first-order valence-electron chi connectivity index (χ1n) is 9.90. The quantitative estimate of drug-likeness (QED) is 0.457. The van der Waals surface area contributed by atoms with E-state index in [0.717, 1.165) is 27.9 Å². The summed E-state index contributed by atoms with van der Waals surface area (Å²) < 4.78 is 6.78. The van der Waals surface area contributed by atoms with Crippen LogP contribution in [0.2, 0.25) is 0 Å². The van der Waals surface area contributed by atoms with Crippen molar-refractivity contribution < 1.29 is 9.53 Å². The number of ether oxygens (including phenoxy) is 1. The third-order valence-electron chi connectivity index (χ3n) is 5.09. The third kappa shape index (κ3) is 3.77. The molecule has 8 heteroatoms. The molecule has 0 saturated carbocycles. The lowest BCUT2D eigenvalue weighted by molar-refractivity contribution is 0.102. The Morgan fingerprint density at radius 1 is 0.969 bits per heavy atom. The number of hydrogen-bond acceptors (Lipinski definition) is 6. The minimum atomic E-state index is -0.214. The van der Waals surface area contributed by atoms with Gasteiger partial charge in [0.1, 0.15) is 12.1 Å². The third-order valence-corrected chi connectivity index (χ3v) is 5.09. The Morgan fingerprint density at radius 3 is 2.47 bits per heavy atom. The summed E-state index contributed by atoms with van der Waals surface area (Å²) in [5, 5.41) is 14.9. The number of hydrogen-bond donors (Lipinski definition) is 1. The van der Waals surface area contributed by atoms with Crippen LogP contribution in [-0.2, 0) is 0 Å². The highest BCUT2D eigenvalue weighted by Crippen LogP contribution is 2.27. The first-order valence-corrected chi connectivity index (χ1v) is 9.90. The molecule has 5 aromatic rings. The van der Waals surface area contributed by atoms with Crippen molar-refractivity contribution in [3.63, 3.8) is 0 Å². The number of para-hydroxylation sites is 1. The molecule has 0 aliphatic heterocycles. The van der Waals surface area contributed by atoms with Crippen molar-refractivity contribution in [1.29, 1.82) is 0 Å². The number of fused-ring (bicyclic) bond motifs is 1. The van der Waals surface area contributed by atoms with E-state index in [9.17, 15) is 4.79 Å². The molecule has 156 valence electrons. The lowest BCUT2D eigenvalue weighted by Gasteiger charge is -2.11. The lowest BCUT2D eigenvalue weighted by atomic mass is 10.0. The summed E-state index contributed by atoms with van der Waals surface area (Å²) >= 11 is 0. The van der Waals surface area contributed by atoms with Gasteiger partial charge >= 0.3 is 0 Å². The predicted molar refractivity (Wildman–Crippen MR) is 121 cm³/mol. The number of benzene rings is 3. The van der Waals surface area contributed by atoms with Gasteiger partial charge in [-0.15, -0.1) is 5.10 Å². The molecule has 0 bridgehead atoms. The van der Waals surface area contributed by atoms with E-state index in [1.54, 1.807) is 11.8 Å². The SMILES string of the molecule is COc1ccc(-c2cc(C(=O)Nc3ccc(-n4cnnn4)cc3)c3ccccc3n2)cc1. The second-order valence-electron chi connectivity index (χ2n) is 7.06. The molecule has 5 rings (SSSR count). The van der Waals surface area contributed by atoms with E-state index < -0.39 is 0 Å². The summed E-state index contributed by atoms with van der Waals surface area (Å²) in [5.74, 6) is 0.547. The molecule has 0 radical (unpaired) electrons. The van der Waals surface area contributed by atoms with E-state index >= 15 is 0 Å². The van der Waals surface area contributed by atoms with E-state index in [4.69, 9.17) is 9.72 Å². The van der Waals surface area contributed by atoms with Crippen molar-refractivity contribution in [3.8, 4) is 22.7 Å². The number of carbonyl (C=O) groups excluding carboxylic acids is 1. The summed E-state index contributed by atoms with van der Waals surface area (Å²) in [4.78, 5) is 18.0. The highest BCUT2D eigenvalue weighted by molar-refractivity contribution is 6.13. The van der Waals surface area contributed by atoms with Gasteiger partial charge in [-0.1, -0.05) is 18.2 Å². The van der Waals surface area contributed by atoms with Crippen LogP contribution in [0, 0.1) is 0 Å². The minimum absolute atomic E-state index is 0.214. The van der Waals surface area contributed by atoms with Crippen LogP contribution in [0.1, 0.15) is 10.4 Å². The van der Waals surface area contributed by atoms with Crippen LogP contribution >= 0.6 is 0 Å². The summed E-state index contributed by atoms with van der Waals surface area (Å²) in [7, 11) is 1.63. The normalized spacial score (nSPS) is 10.8. The smallest absolute Gasteiger partial charge is 0.256 e. The van der Waals surface area contributed by atoms with Crippen molar-refractivity contribution >= 4 is 22.5 Å². The number of aromatic nitrogens is 5. The lowest BCUT2D eigenvalue weighted by Crippen LogP contribution is -2.13. The maximum absolute atomic E-state index is 13.2. The molecule has 2 aromatic heterocycles. The van der Waals surface area contributed by atoms with Crippen LogP contribution < -0.4 is 10.1 Å². The predicted octanol–water partition coefficient (Wildman–Crippen LogP) is 4.14. The van der Waals surface area contributed by atoms with Crippen LogP contribution in [-0.4, -0.2) is 38.2 Å². The summed E-state index contributed by atoms with van der Waals surface area (Å²) in [6, 6.07) is 24.3. The van der Waals surface area contributed by atoms with Crippen LogP contribution in [0.5, 0.6) is 5.75 Å². The van der Waals surface area contributed by atoms with Gasteiger partial charge in [-0.25, -0.2) is 9.67 Å². The average Bonchev–Trinajstić information content (AvgIpc) is 3.39. The molecule has 1 amide bonds. The van der Waals surface area contributed by atoms with Crippen molar-refractivity contribution in [2.45, 2.75) is 0 Å². The Labute approximate surface area is 183 Å². The Bertz CT molecular complexity index is 1380. The summed E-state index contributed by atoms with van der Waals surface area (Å²) in [6.45, 7) is 0. The molecule has 2 heterocycles. The minimum Gasteiger partial charge on any atom is -0.497 e. The number of anilines is 1. The van der Waals surface area contributed by atoms with Gasteiger partial charge in [-0.2, -0.15) is 0 Å². The number of methoxy groups -OCH3 is 1. The van der Waals surface area contributed by atoms with Gasteiger partial charge in [-0.05, 0) is 71.1 Å². The standard InChI is InChI=1S/C24H18N6O2/c1-32-19-12-6-16(7-13-19)23-14-21(20-4-2-3-5-22(20)27-23)24(31)26-17-8-10-18(11-9-17)30-15-25-28-29-30/h2-15H,1H3,(H,26,31). The molecule has 0 saturated heterocycles. The fourth-order valence-corrected chi connectivity index (χ4v) is 3.45. The fraction of sp³-hybridized carbons (Fsp3) is 0.0417. The van der Waals surface area contributed by atoms with E-state index in [1.807, 2.05) is 78.9 Å². The number of amides is 1. The maximum Gasteiger partial charge on any atom is 0.256 e. The maximum atomic E-state index is 13.2. The zero-order valence-corrected chi connectivity index (χ0v) is 17.1. The molecule has 32 heavy (non-hydrogen) atoms. The van der Waals surface area contributed by atoms with Crippen molar-refractivity contribution in [1.82, 2.24) is 25.2 Å². The zero-order valence-electron chi connectivity index (χ0n) is 17.1. The van der Waals surface area contributed by atoms with E-state index in [0.29, 0.717) is 16.9 Å². The number of pyridine rings is 1. The number of rotatable bonds is 5. The second-order valence-corrected chi connectivity index (χ2v) is 7.06. The van der Waals surface area contributed by atoms with Crippen molar-refractivity contribution in [3.05, 3.63) is 90.8 Å². The molecule has 0 fully saturated rings. The van der Waals surface area contributed by atoms with Crippen LogP contribution in [0.4, 0.5) is 5.69 Å². The van der Waals surface area contributed by atoms with Crippen LogP contribution in [0.25, 0.3) is 27.8 Å². The fourth-order valence-electron chi connectivity index (χ4n) is 3.45. The van der Waals surface area contributed by atoms with Gasteiger partial charge in [-0.3, -0.25) is 4.79 Å². The van der Waals surface area contributed by atoms with Gasteiger partial charge in [0.2, 0.25) is 0 Å². The zero-order chi connectivity index (χ0) is 21.9. The Kier molecular flexibility index (Phi) is 5.01. The van der Waals surface area contributed by atoms with Crippen LogP contribution in [0.3, 0.4) is 0 Å². The molecule has 0 aliphatic carbocycles. The summed E-state index contributed by atoms with van der Waals surface area (Å²) in [5.41, 5.74) is 4.37. The Balaban J connectivity index is 1.48. The number of carbonyl (C=O) groups is 1. The van der Waals surface area contributed by atoms with Crippen LogP contribution in [0.15, 0.2) is 85.2 Å². The molecular formula is C24H18N6O2. The van der Waals surface area contributed by atoms with Crippen molar-refractivity contribution in [2.24, 2.45) is 0 Å². The number of nitrogens with zero attached hydrogens (tertiary/aromatic N) is 5. The highest BCUT2D eigenvalue weighted by Gasteiger charge is 2.14. The van der Waals surface area contributed by atoms with Gasteiger partial charge in [0, 0.05) is 16.6 Å².